The van der Waals surface area contributed by atoms with Crippen molar-refractivity contribution in [2.45, 2.75) is 173 Å². The molecule has 0 amide bonds. The van der Waals surface area contributed by atoms with Crippen LogP contribution in [0, 0.1) is 16.2 Å². The van der Waals surface area contributed by atoms with Crippen LogP contribution in [0.3, 0.4) is 0 Å². The summed E-state index contributed by atoms with van der Waals surface area (Å²) in [6.07, 6.45) is 31.7. The monoisotopic (exact) mass is 601 g/mol. The Morgan fingerprint density at radius 1 is 0.238 bits per heavy atom. The van der Waals surface area contributed by atoms with E-state index < -0.39 is 55.9 Å². The molecular weight excluding hydrogens is 528 g/mol. The Balaban J connectivity index is 2.81. The summed E-state index contributed by atoms with van der Waals surface area (Å²) in [7, 11) is 0. The topological polar surface area (TPSA) is 121 Å². The van der Waals surface area contributed by atoms with Crippen LogP contribution in [0.1, 0.15) is 173 Å². The molecule has 0 radical (unpaired) electrons. The minimum Gasteiger partial charge on any atom is -0.396 e. The van der Waals surface area contributed by atoms with Crippen LogP contribution in [-0.2, 0) is 0 Å². The first-order valence-corrected chi connectivity index (χ1v) is 18.2. The van der Waals surface area contributed by atoms with Crippen LogP contribution in [0.2, 0.25) is 0 Å². The second kappa shape index (κ2) is 25.0. The highest BCUT2D eigenvalue weighted by atomic mass is 16.3. The van der Waals surface area contributed by atoms with Gasteiger partial charge >= 0.3 is 0 Å². The van der Waals surface area contributed by atoms with E-state index in [-0.39, 0.29) is 0 Å². The van der Waals surface area contributed by atoms with Gasteiger partial charge in [-0.15, -0.1) is 0 Å². The summed E-state index contributed by atoms with van der Waals surface area (Å²) in [4.78, 5) is 0. The zero-order valence-corrected chi connectivity index (χ0v) is 27.5. The molecule has 1 aliphatic rings. The maximum Gasteiger partial charge on any atom is 0.0523 e. The highest BCUT2D eigenvalue weighted by Crippen LogP contribution is 2.56. The molecule has 0 unspecified atom stereocenters. The quantitative estimate of drug-likeness (QED) is 0.188. The first-order chi connectivity index (χ1) is 20.6. The third-order valence-corrected chi connectivity index (χ3v) is 11.1. The average Bonchev–Trinajstić information content (AvgIpc) is 3.02. The van der Waals surface area contributed by atoms with Gasteiger partial charge in [0.05, 0.1) is 39.6 Å². The van der Waals surface area contributed by atoms with Crippen LogP contribution in [-0.4, -0.2) is 70.3 Å². The molecule has 0 aromatic rings. The molecule has 6 heteroatoms. The van der Waals surface area contributed by atoms with Crippen molar-refractivity contribution in [1.82, 2.24) is 0 Å². The first-order valence-electron chi connectivity index (χ1n) is 18.2. The SMILES string of the molecule is OCC1(CO)CCCCCCCCCCCCCCCCCCCCCCCCCCCC(CO)(CO)C1(CO)CO. The maximum absolute atomic E-state index is 10.7. The lowest BCUT2D eigenvalue weighted by Crippen LogP contribution is -2.64. The lowest BCUT2D eigenvalue weighted by atomic mass is 9.49. The Hall–Kier alpha value is -0.240. The normalized spacial score (nSPS) is 24.4. The van der Waals surface area contributed by atoms with Crippen molar-refractivity contribution in [3.8, 4) is 0 Å². The lowest BCUT2D eigenvalue weighted by Gasteiger charge is -2.57. The molecule has 6 N–H and O–H groups in total. The number of hydrogen-bond acceptors (Lipinski definition) is 6. The van der Waals surface area contributed by atoms with Crippen LogP contribution in [0.4, 0.5) is 0 Å². The van der Waals surface area contributed by atoms with Gasteiger partial charge < -0.3 is 30.6 Å². The summed E-state index contributed by atoms with van der Waals surface area (Å²) in [6.45, 7) is -2.66. The molecule has 0 aliphatic heterocycles. The van der Waals surface area contributed by atoms with Gasteiger partial charge in [-0.2, -0.15) is 0 Å². The van der Waals surface area contributed by atoms with Gasteiger partial charge in [0.25, 0.3) is 0 Å². The molecule has 1 saturated carbocycles. The van der Waals surface area contributed by atoms with Gasteiger partial charge in [0.1, 0.15) is 0 Å². The average molecular weight is 601 g/mol. The first kappa shape index (κ1) is 39.8. The summed E-state index contributed by atoms with van der Waals surface area (Å²) < 4.78 is 0. The Labute approximate surface area is 259 Å². The van der Waals surface area contributed by atoms with Gasteiger partial charge in [-0.3, -0.25) is 0 Å². The van der Waals surface area contributed by atoms with Crippen molar-refractivity contribution in [2.75, 3.05) is 39.6 Å². The van der Waals surface area contributed by atoms with E-state index in [1.54, 1.807) is 0 Å². The molecule has 1 aliphatic carbocycles. The van der Waals surface area contributed by atoms with E-state index in [4.69, 9.17) is 0 Å². The molecule has 1 rings (SSSR count). The van der Waals surface area contributed by atoms with E-state index in [1.807, 2.05) is 0 Å². The molecule has 0 atom stereocenters. The van der Waals surface area contributed by atoms with Crippen molar-refractivity contribution in [3.63, 3.8) is 0 Å². The number of rotatable bonds is 6. The van der Waals surface area contributed by atoms with E-state index >= 15 is 0 Å². The zero-order chi connectivity index (χ0) is 30.8. The number of aliphatic hydroxyl groups is 6. The predicted molar refractivity (Wildman–Crippen MR) is 174 cm³/mol. The van der Waals surface area contributed by atoms with Gasteiger partial charge in [0, 0.05) is 16.2 Å². The molecule has 0 aromatic heterocycles. The summed E-state index contributed by atoms with van der Waals surface area (Å²) in [5.41, 5.74) is -3.78. The number of hydrogen-bond donors (Lipinski definition) is 6. The Morgan fingerprint density at radius 2 is 0.405 bits per heavy atom. The van der Waals surface area contributed by atoms with E-state index in [0.717, 1.165) is 38.5 Å². The van der Waals surface area contributed by atoms with Gasteiger partial charge in [-0.25, -0.2) is 0 Å². The van der Waals surface area contributed by atoms with Crippen LogP contribution in [0.5, 0.6) is 0 Å². The molecule has 0 bridgehead atoms. The van der Waals surface area contributed by atoms with Crippen molar-refractivity contribution >= 4 is 0 Å². The molecule has 42 heavy (non-hydrogen) atoms. The highest BCUT2D eigenvalue weighted by Gasteiger charge is 2.61. The molecule has 1 fully saturated rings. The van der Waals surface area contributed by atoms with Crippen molar-refractivity contribution in [3.05, 3.63) is 0 Å². The molecule has 0 heterocycles. The van der Waals surface area contributed by atoms with Crippen molar-refractivity contribution in [2.24, 2.45) is 16.2 Å². The third-order valence-electron chi connectivity index (χ3n) is 11.1. The Bertz CT molecular complexity index is 539. The maximum atomic E-state index is 10.7. The minimum absolute atomic E-state index is 0.410. The second-order valence-corrected chi connectivity index (χ2v) is 13.9. The molecule has 0 spiro atoms. The smallest absolute Gasteiger partial charge is 0.0523 e. The van der Waals surface area contributed by atoms with Crippen LogP contribution < -0.4 is 0 Å². The molecule has 6 nitrogen and oxygen atoms in total. The summed E-state index contributed by atoms with van der Waals surface area (Å²) in [6, 6.07) is 0. The van der Waals surface area contributed by atoms with Crippen molar-refractivity contribution < 1.29 is 30.6 Å². The largest absolute Gasteiger partial charge is 0.396 e. The fourth-order valence-corrected chi connectivity index (χ4v) is 7.78. The number of aliphatic hydroxyl groups excluding tert-OH is 6. The van der Waals surface area contributed by atoms with Crippen LogP contribution in [0.15, 0.2) is 0 Å². The van der Waals surface area contributed by atoms with E-state index in [2.05, 4.69) is 0 Å². The molecule has 252 valence electrons. The Kier molecular flexibility index (Phi) is 23.7. The van der Waals surface area contributed by atoms with Gasteiger partial charge in [-0.05, 0) is 12.8 Å². The molecular formula is C36H72O6. The van der Waals surface area contributed by atoms with Crippen LogP contribution in [0.25, 0.3) is 0 Å². The Morgan fingerprint density at radius 3 is 0.548 bits per heavy atom. The van der Waals surface area contributed by atoms with Crippen molar-refractivity contribution in [1.29, 1.82) is 0 Å². The summed E-state index contributed by atoms with van der Waals surface area (Å²) in [5, 5.41) is 64.0. The third kappa shape index (κ3) is 13.0. The summed E-state index contributed by atoms with van der Waals surface area (Å²) in [5.74, 6) is 0. The summed E-state index contributed by atoms with van der Waals surface area (Å²) >= 11 is 0. The highest BCUT2D eigenvalue weighted by molar-refractivity contribution is 5.08. The zero-order valence-electron chi connectivity index (χ0n) is 27.5. The van der Waals surface area contributed by atoms with Gasteiger partial charge in [-0.1, -0.05) is 161 Å². The molecule has 0 aromatic carbocycles. The minimum atomic E-state index is -1.40. The molecule has 0 saturated heterocycles. The standard InChI is InChI=1S/C36H72O6/c37-28-34(29-38)26-24-22-20-18-16-14-12-10-8-6-4-2-1-3-5-7-9-11-13-15-17-19-21-23-25-27-35(30-39,31-40)36(34,32-41)33-42/h37-42H,1-33H2. The van der Waals surface area contributed by atoms with E-state index in [9.17, 15) is 30.6 Å². The van der Waals surface area contributed by atoms with Gasteiger partial charge in [0.2, 0.25) is 0 Å². The second-order valence-electron chi connectivity index (χ2n) is 13.9. The predicted octanol–water partition coefficient (Wildman–Crippen LogP) is 7.45. The fourth-order valence-electron chi connectivity index (χ4n) is 7.78. The van der Waals surface area contributed by atoms with E-state index in [0.29, 0.717) is 12.8 Å². The fraction of sp³-hybridized carbons (Fsp3) is 1.00. The van der Waals surface area contributed by atoms with E-state index in [1.165, 1.54) is 122 Å². The van der Waals surface area contributed by atoms with Crippen LogP contribution >= 0.6 is 0 Å². The van der Waals surface area contributed by atoms with Gasteiger partial charge in [0.15, 0.2) is 0 Å². The lowest BCUT2D eigenvalue weighted by molar-refractivity contribution is -0.214.